The molecule has 0 spiro atoms. The van der Waals surface area contributed by atoms with Gasteiger partial charge in [-0.3, -0.25) is 0 Å². The van der Waals surface area contributed by atoms with Crippen molar-refractivity contribution in [3.05, 3.63) is 16.8 Å². The molecule has 0 aromatic carbocycles. The molecule has 20 heavy (non-hydrogen) atoms. The molecule has 0 unspecified atom stereocenters. The summed E-state index contributed by atoms with van der Waals surface area (Å²) in [5, 5.41) is 17.6. The molecule has 1 rings (SSSR count). The zero-order valence-corrected chi connectivity index (χ0v) is 12.9. The van der Waals surface area contributed by atoms with Gasteiger partial charge in [0.2, 0.25) is 0 Å². The van der Waals surface area contributed by atoms with Crippen molar-refractivity contribution in [1.82, 2.24) is 10.2 Å². The predicted octanol–water partition coefficient (Wildman–Crippen LogP) is 2.37. The lowest BCUT2D eigenvalue weighted by Crippen LogP contribution is -2.44. The van der Waals surface area contributed by atoms with E-state index in [2.05, 4.69) is 16.3 Å². The second kappa shape index (κ2) is 7.20. The second-order valence-corrected chi connectivity index (χ2v) is 4.98. The highest BCUT2D eigenvalue weighted by Gasteiger charge is 2.23. The number of nitrogens with two attached hydrogens (primary N) is 1. The first-order valence-electron chi connectivity index (χ1n) is 7.25. The molecule has 0 saturated heterocycles. The van der Waals surface area contributed by atoms with E-state index in [9.17, 15) is 5.26 Å². The standard InChI is InChI=1S/C15H24N4O/c1-5-11-12(9-16)14(19-18-13(11)6-2)20-10-15(17,7-3)8-4/h5-8,10,17H2,1-4H3. The molecule has 5 heteroatoms. The maximum Gasteiger partial charge on any atom is 0.251 e. The van der Waals surface area contributed by atoms with E-state index in [-0.39, 0.29) is 5.54 Å². The molecule has 1 aromatic heterocycles. The summed E-state index contributed by atoms with van der Waals surface area (Å²) in [6.07, 6.45) is 3.13. The molecule has 0 aliphatic rings. The second-order valence-electron chi connectivity index (χ2n) is 4.98. The normalized spacial score (nSPS) is 11.2. The van der Waals surface area contributed by atoms with E-state index in [1.165, 1.54) is 0 Å². The third-order valence-corrected chi connectivity index (χ3v) is 3.83. The van der Waals surface area contributed by atoms with Crippen molar-refractivity contribution in [2.45, 2.75) is 58.9 Å². The molecule has 0 bridgehead atoms. The lowest BCUT2D eigenvalue weighted by molar-refractivity contribution is 0.198. The summed E-state index contributed by atoms with van der Waals surface area (Å²) < 4.78 is 5.70. The Kier molecular flexibility index (Phi) is 5.90. The van der Waals surface area contributed by atoms with Gasteiger partial charge in [0, 0.05) is 5.54 Å². The third kappa shape index (κ3) is 3.45. The molecule has 0 aliphatic heterocycles. The number of nitriles is 1. The van der Waals surface area contributed by atoms with Gasteiger partial charge in [-0.25, -0.2) is 0 Å². The lowest BCUT2D eigenvalue weighted by Gasteiger charge is -2.26. The molecule has 0 saturated carbocycles. The quantitative estimate of drug-likeness (QED) is 0.826. The molecule has 1 heterocycles. The van der Waals surface area contributed by atoms with Gasteiger partial charge in [0.25, 0.3) is 5.88 Å². The van der Waals surface area contributed by atoms with Crippen LogP contribution in [-0.2, 0) is 12.8 Å². The number of aromatic nitrogens is 2. The monoisotopic (exact) mass is 276 g/mol. The van der Waals surface area contributed by atoms with Gasteiger partial charge in [-0.2, -0.15) is 10.4 Å². The van der Waals surface area contributed by atoms with E-state index >= 15 is 0 Å². The van der Waals surface area contributed by atoms with Crippen molar-refractivity contribution < 1.29 is 4.74 Å². The van der Waals surface area contributed by atoms with Crippen LogP contribution in [0.1, 0.15) is 57.4 Å². The Morgan fingerprint density at radius 1 is 1.15 bits per heavy atom. The minimum absolute atomic E-state index is 0.304. The van der Waals surface area contributed by atoms with E-state index in [0.717, 1.165) is 36.9 Å². The number of nitrogens with zero attached hydrogens (tertiary/aromatic N) is 3. The van der Waals surface area contributed by atoms with E-state index in [0.29, 0.717) is 18.1 Å². The van der Waals surface area contributed by atoms with Gasteiger partial charge < -0.3 is 10.5 Å². The topological polar surface area (TPSA) is 84.8 Å². The lowest BCUT2D eigenvalue weighted by atomic mass is 9.95. The first-order valence-corrected chi connectivity index (χ1v) is 7.25. The number of aryl methyl sites for hydroxylation is 1. The third-order valence-electron chi connectivity index (χ3n) is 3.83. The Labute approximate surface area is 121 Å². The fourth-order valence-electron chi connectivity index (χ4n) is 2.04. The molecule has 0 atom stereocenters. The zero-order chi connectivity index (χ0) is 15.2. The molecular weight excluding hydrogens is 252 g/mol. The van der Waals surface area contributed by atoms with E-state index < -0.39 is 0 Å². The highest BCUT2D eigenvalue weighted by atomic mass is 16.5. The molecule has 0 fully saturated rings. The molecule has 5 nitrogen and oxygen atoms in total. The maximum absolute atomic E-state index is 9.37. The minimum Gasteiger partial charge on any atom is -0.474 e. The summed E-state index contributed by atoms with van der Waals surface area (Å²) in [7, 11) is 0. The van der Waals surface area contributed by atoms with Crippen LogP contribution in [0, 0.1) is 11.3 Å². The summed E-state index contributed by atoms with van der Waals surface area (Å²) in [4.78, 5) is 0. The Bertz CT molecular complexity index is 489. The average molecular weight is 276 g/mol. The van der Waals surface area contributed by atoms with Gasteiger partial charge in [-0.1, -0.05) is 27.7 Å². The fourth-order valence-corrected chi connectivity index (χ4v) is 2.04. The number of ether oxygens (including phenoxy) is 1. The van der Waals surface area contributed by atoms with E-state index in [1.807, 2.05) is 27.7 Å². The highest BCUT2D eigenvalue weighted by molar-refractivity contribution is 5.46. The Morgan fingerprint density at radius 3 is 2.25 bits per heavy atom. The summed E-state index contributed by atoms with van der Waals surface area (Å²) in [5.74, 6) is 0.304. The first kappa shape index (κ1) is 16.4. The number of hydrogen-bond acceptors (Lipinski definition) is 5. The van der Waals surface area contributed by atoms with Gasteiger partial charge in [0.1, 0.15) is 18.2 Å². The average Bonchev–Trinajstić information content (AvgIpc) is 2.51. The Hall–Kier alpha value is -1.67. The van der Waals surface area contributed by atoms with Crippen molar-refractivity contribution in [2.24, 2.45) is 5.73 Å². The SMILES string of the molecule is CCc1nnc(OCC(N)(CC)CC)c(C#N)c1CC. The maximum atomic E-state index is 9.37. The van der Waals surface area contributed by atoms with Crippen LogP contribution in [0.25, 0.3) is 0 Å². The number of rotatable bonds is 7. The fraction of sp³-hybridized carbons (Fsp3) is 0.667. The Morgan fingerprint density at radius 2 is 1.80 bits per heavy atom. The smallest absolute Gasteiger partial charge is 0.251 e. The molecule has 110 valence electrons. The molecule has 0 radical (unpaired) electrons. The summed E-state index contributed by atoms with van der Waals surface area (Å²) in [6.45, 7) is 8.41. The van der Waals surface area contributed by atoms with Crippen molar-refractivity contribution in [2.75, 3.05) is 6.61 Å². The summed E-state index contributed by atoms with van der Waals surface area (Å²) in [5.41, 5.74) is 8.11. The molecule has 0 amide bonds. The van der Waals surface area contributed by atoms with E-state index in [1.54, 1.807) is 0 Å². The predicted molar refractivity (Wildman–Crippen MR) is 78.5 cm³/mol. The van der Waals surface area contributed by atoms with Gasteiger partial charge in [-0.05, 0) is 31.2 Å². The molecule has 2 N–H and O–H groups in total. The van der Waals surface area contributed by atoms with Crippen LogP contribution in [0.2, 0.25) is 0 Å². The molecule has 0 aliphatic carbocycles. The van der Waals surface area contributed by atoms with Crippen LogP contribution in [0.4, 0.5) is 0 Å². The van der Waals surface area contributed by atoms with Crippen LogP contribution < -0.4 is 10.5 Å². The van der Waals surface area contributed by atoms with Gasteiger partial charge in [0.15, 0.2) is 0 Å². The van der Waals surface area contributed by atoms with Crippen LogP contribution in [0.3, 0.4) is 0 Å². The van der Waals surface area contributed by atoms with Crippen LogP contribution in [0.15, 0.2) is 0 Å². The van der Waals surface area contributed by atoms with Crippen molar-refractivity contribution in [3.63, 3.8) is 0 Å². The van der Waals surface area contributed by atoms with Crippen molar-refractivity contribution >= 4 is 0 Å². The first-order chi connectivity index (χ1) is 9.55. The molecular formula is C15H24N4O. The molecule has 1 aromatic rings. The van der Waals surface area contributed by atoms with Crippen LogP contribution in [-0.4, -0.2) is 22.3 Å². The number of hydrogen-bond donors (Lipinski definition) is 1. The van der Waals surface area contributed by atoms with Gasteiger partial charge in [0.05, 0.1) is 5.69 Å². The van der Waals surface area contributed by atoms with Gasteiger partial charge in [-0.15, -0.1) is 5.10 Å². The van der Waals surface area contributed by atoms with E-state index in [4.69, 9.17) is 10.5 Å². The largest absolute Gasteiger partial charge is 0.474 e. The zero-order valence-electron chi connectivity index (χ0n) is 12.9. The van der Waals surface area contributed by atoms with Crippen molar-refractivity contribution in [3.8, 4) is 11.9 Å². The minimum atomic E-state index is -0.385. The van der Waals surface area contributed by atoms with Gasteiger partial charge >= 0.3 is 0 Å². The highest BCUT2D eigenvalue weighted by Crippen LogP contribution is 2.23. The summed E-state index contributed by atoms with van der Waals surface area (Å²) in [6, 6.07) is 2.19. The summed E-state index contributed by atoms with van der Waals surface area (Å²) >= 11 is 0. The Balaban J connectivity index is 3.05. The van der Waals surface area contributed by atoms with Crippen molar-refractivity contribution in [1.29, 1.82) is 5.26 Å². The van der Waals surface area contributed by atoms with Crippen LogP contribution in [0.5, 0.6) is 5.88 Å². The van der Waals surface area contributed by atoms with Crippen LogP contribution >= 0.6 is 0 Å².